The van der Waals surface area contributed by atoms with Crippen molar-refractivity contribution < 1.29 is 0 Å². The van der Waals surface area contributed by atoms with Gasteiger partial charge < -0.3 is 9.88 Å². The molecular formula is C14H23N3. The van der Waals surface area contributed by atoms with Crippen LogP contribution in [0.5, 0.6) is 0 Å². The summed E-state index contributed by atoms with van der Waals surface area (Å²) in [5, 5.41) is 3.39. The van der Waals surface area contributed by atoms with Crippen LogP contribution in [-0.4, -0.2) is 16.1 Å². The van der Waals surface area contributed by atoms with E-state index in [1.807, 2.05) is 0 Å². The van der Waals surface area contributed by atoms with Crippen molar-refractivity contribution in [2.24, 2.45) is 5.41 Å². The van der Waals surface area contributed by atoms with Crippen LogP contribution in [0.4, 0.5) is 0 Å². The van der Waals surface area contributed by atoms with Crippen LogP contribution in [0.25, 0.3) is 0 Å². The van der Waals surface area contributed by atoms with Crippen LogP contribution in [0.3, 0.4) is 0 Å². The minimum Gasteiger partial charge on any atom is -0.331 e. The van der Waals surface area contributed by atoms with E-state index in [2.05, 4.69) is 35.0 Å². The molecule has 0 aromatic carbocycles. The van der Waals surface area contributed by atoms with Gasteiger partial charge in [-0.05, 0) is 31.1 Å². The first-order valence-corrected chi connectivity index (χ1v) is 6.91. The zero-order valence-electron chi connectivity index (χ0n) is 11.0. The second-order valence-corrected chi connectivity index (χ2v) is 6.37. The highest BCUT2D eigenvalue weighted by atomic mass is 15.1. The summed E-state index contributed by atoms with van der Waals surface area (Å²) in [6.07, 6.45) is 8.58. The molecule has 1 aromatic rings. The van der Waals surface area contributed by atoms with Crippen LogP contribution in [0, 0.1) is 5.41 Å². The molecule has 3 heteroatoms. The van der Waals surface area contributed by atoms with Gasteiger partial charge in [-0.1, -0.05) is 13.8 Å². The van der Waals surface area contributed by atoms with Gasteiger partial charge in [0.1, 0.15) is 0 Å². The van der Waals surface area contributed by atoms with E-state index in [1.165, 1.54) is 37.1 Å². The van der Waals surface area contributed by atoms with Gasteiger partial charge in [0.2, 0.25) is 0 Å². The zero-order valence-corrected chi connectivity index (χ0v) is 11.0. The Kier molecular flexibility index (Phi) is 2.74. The monoisotopic (exact) mass is 233 g/mol. The Labute approximate surface area is 104 Å². The summed E-state index contributed by atoms with van der Waals surface area (Å²) in [6.45, 7) is 6.87. The standard InChI is InChI=1S/C14H23N3/c1-14(2)6-3-11(4-7-14)17-10-16-12-9-15-8-5-13(12)17/h10-11,15H,3-9H2,1-2H3. The fourth-order valence-corrected chi connectivity index (χ4v) is 3.24. The van der Waals surface area contributed by atoms with Gasteiger partial charge in [0.25, 0.3) is 0 Å². The van der Waals surface area contributed by atoms with E-state index in [9.17, 15) is 0 Å². The fraction of sp³-hybridized carbons (Fsp3) is 0.786. The minimum atomic E-state index is 0.554. The highest BCUT2D eigenvalue weighted by molar-refractivity contribution is 5.17. The van der Waals surface area contributed by atoms with E-state index in [0.717, 1.165) is 19.5 Å². The quantitative estimate of drug-likeness (QED) is 0.808. The van der Waals surface area contributed by atoms with Crippen LogP contribution >= 0.6 is 0 Å². The van der Waals surface area contributed by atoms with E-state index in [1.54, 1.807) is 0 Å². The van der Waals surface area contributed by atoms with E-state index in [4.69, 9.17) is 0 Å². The van der Waals surface area contributed by atoms with Gasteiger partial charge in [0.15, 0.2) is 0 Å². The number of aromatic nitrogens is 2. The first kappa shape index (κ1) is 11.3. The molecule has 1 saturated carbocycles. The summed E-state index contributed by atoms with van der Waals surface area (Å²) < 4.78 is 2.48. The summed E-state index contributed by atoms with van der Waals surface area (Å²) in [6, 6.07) is 0.706. The number of hydrogen-bond donors (Lipinski definition) is 1. The van der Waals surface area contributed by atoms with Crippen LogP contribution in [0.2, 0.25) is 0 Å². The number of rotatable bonds is 1. The van der Waals surface area contributed by atoms with Gasteiger partial charge in [0.05, 0.1) is 12.0 Å². The first-order chi connectivity index (χ1) is 8.16. The van der Waals surface area contributed by atoms with Gasteiger partial charge >= 0.3 is 0 Å². The Morgan fingerprint density at radius 3 is 2.88 bits per heavy atom. The lowest BCUT2D eigenvalue weighted by molar-refractivity contribution is 0.191. The molecule has 3 nitrogen and oxygen atoms in total. The topological polar surface area (TPSA) is 29.9 Å². The van der Waals surface area contributed by atoms with E-state index >= 15 is 0 Å². The lowest BCUT2D eigenvalue weighted by Gasteiger charge is -2.35. The van der Waals surface area contributed by atoms with Gasteiger partial charge in [-0.2, -0.15) is 0 Å². The molecule has 17 heavy (non-hydrogen) atoms. The second-order valence-electron chi connectivity index (χ2n) is 6.37. The molecule has 1 aliphatic carbocycles. The van der Waals surface area contributed by atoms with Crippen molar-refractivity contribution in [2.45, 2.75) is 58.5 Å². The van der Waals surface area contributed by atoms with Gasteiger partial charge in [-0.15, -0.1) is 0 Å². The molecule has 0 unspecified atom stereocenters. The number of imidazole rings is 1. The lowest BCUT2D eigenvalue weighted by Crippen LogP contribution is -2.28. The van der Waals surface area contributed by atoms with Crippen LogP contribution in [0.1, 0.15) is 57.0 Å². The smallest absolute Gasteiger partial charge is 0.0954 e. The maximum absolute atomic E-state index is 4.57. The average Bonchev–Trinajstić information content (AvgIpc) is 2.73. The summed E-state index contributed by atoms with van der Waals surface area (Å²) in [7, 11) is 0. The Bertz CT molecular complexity index is 396. The molecule has 94 valence electrons. The maximum Gasteiger partial charge on any atom is 0.0954 e. The van der Waals surface area contributed by atoms with Crippen molar-refractivity contribution in [2.75, 3.05) is 6.54 Å². The Hall–Kier alpha value is -0.830. The molecule has 0 atom stereocenters. The average molecular weight is 233 g/mol. The molecule has 0 bridgehead atoms. The third-order valence-electron chi connectivity index (χ3n) is 4.52. The van der Waals surface area contributed by atoms with Crippen molar-refractivity contribution in [3.8, 4) is 0 Å². The van der Waals surface area contributed by atoms with Crippen LogP contribution in [-0.2, 0) is 13.0 Å². The molecule has 1 aromatic heterocycles. The van der Waals surface area contributed by atoms with E-state index in [-0.39, 0.29) is 0 Å². The van der Waals surface area contributed by atoms with Gasteiger partial charge in [0, 0.05) is 31.2 Å². The molecule has 0 amide bonds. The molecule has 0 saturated heterocycles. The summed E-state index contributed by atoms with van der Waals surface area (Å²) in [5.41, 5.74) is 3.33. The number of fused-ring (bicyclic) bond motifs is 1. The fourth-order valence-electron chi connectivity index (χ4n) is 3.24. The highest BCUT2D eigenvalue weighted by Crippen LogP contribution is 2.40. The van der Waals surface area contributed by atoms with E-state index < -0.39 is 0 Å². The lowest BCUT2D eigenvalue weighted by atomic mass is 9.75. The molecule has 0 radical (unpaired) electrons. The molecule has 0 spiro atoms. The van der Waals surface area contributed by atoms with Crippen molar-refractivity contribution >= 4 is 0 Å². The van der Waals surface area contributed by atoms with Gasteiger partial charge in [-0.3, -0.25) is 0 Å². The van der Waals surface area contributed by atoms with Crippen LogP contribution in [0.15, 0.2) is 6.33 Å². The predicted octanol–water partition coefficient (Wildman–Crippen LogP) is 2.67. The number of nitrogens with zero attached hydrogens (tertiary/aromatic N) is 2. The number of hydrogen-bond acceptors (Lipinski definition) is 2. The first-order valence-electron chi connectivity index (χ1n) is 6.91. The van der Waals surface area contributed by atoms with Crippen molar-refractivity contribution in [3.63, 3.8) is 0 Å². The zero-order chi connectivity index (χ0) is 11.9. The molecule has 2 aliphatic rings. The summed E-state index contributed by atoms with van der Waals surface area (Å²) >= 11 is 0. The highest BCUT2D eigenvalue weighted by Gasteiger charge is 2.29. The molecule has 3 rings (SSSR count). The minimum absolute atomic E-state index is 0.554. The molecule has 1 aliphatic heterocycles. The SMILES string of the molecule is CC1(C)CCC(n2cnc3c2CCNC3)CC1. The Balaban J connectivity index is 1.79. The summed E-state index contributed by atoms with van der Waals surface area (Å²) in [4.78, 5) is 4.57. The van der Waals surface area contributed by atoms with E-state index in [0.29, 0.717) is 11.5 Å². The van der Waals surface area contributed by atoms with Crippen molar-refractivity contribution in [3.05, 3.63) is 17.7 Å². The summed E-state index contributed by atoms with van der Waals surface area (Å²) in [5.74, 6) is 0. The molecule has 1 fully saturated rings. The largest absolute Gasteiger partial charge is 0.331 e. The molecular weight excluding hydrogens is 210 g/mol. The molecule has 1 N–H and O–H groups in total. The van der Waals surface area contributed by atoms with Crippen molar-refractivity contribution in [1.82, 2.24) is 14.9 Å². The maximum atomic E-state index is 4.57. The normalized spacial score (nSPS) is 24.6. The van der Waals surface area contributed by atoms with Gasteiger partial charge in [-0.25, -0.2) is 4.98 Å². The predicted molar refractivity (Wildman–Crippen MR) is 68.9 cm³/mol. The molecule has 2 heterocycles. The Morgan fingerprint density at radius 2 is 2.12 bits per heavy atom. The van der Waals surface area contributed by atoms with Crippen molar-refractivity contribution in [1.29, 1.82) is 0 Å². The van der Waals surface area contributed by atoms with Crippen LogP contribution < -0.4 is 5.32 Å². The third-order valence-corrected chi connectivity index (χ3v) is 4.52. The third kappa shape index (κ3) is 2.13. The second kappa shape index (κ2) is 4.13. The Morgan fingerprint density at radius 1 is 1.35 bits per heavy atom. The number of nitrogens with one attached hydrogen (secondary N) is 1.